The molecule has 1 rings (SSSR count). The highest BCUT2D eigenvalue weighted by molar-refractivity contribution is 5.94. The quantitative estimate of drug-likeness (QED) is 0.733. The summed E-state index contributed by atoms with van der Waals surface area (Å²) in [4.78, 5) is 11.2. The number of carbonyl (C=O) groups is 1. The Balaban J connectivity index is 2.81. The average molecular weight is 195 g/mol. The maximum Gasteiger partial charge on any atom is 0.211 e. The molecule has 0 radical (unpaired) electrons. The van der Waals surface area contributed by atoms with Gasteiger partial charge in [0, 0.05) is 5.92 Å². The summed E-state index contributed by atoms with van der Waals surface area (Å²) in [5.41, 5.74) is 5.24. The number of rotatable bonds is 5. The van der Waals surface area contributed by atoms with Crippen molar-refractivity contribution in [1.29, 1.82) is 0 Å². The van der Waals surface area contributed by atoms with Crippen LogP contribution in [-0.2, 0) is 0 Å². The molecule has 0 unspecified atom stereocenters. The van der Waals surface area contributed by atoms with E-state index in [2.05, 4.69) is 13.8 Å². The molecule has 0 amide bonds. The Morgan fingerprint density at radius 2 is 2.07 bits per heavy atom. The zero-order chi connectivity index (χ0) is 10.6. The fraction of sp³-hybridized carbons (Fsp3) is 0.545. The topological polar surface area (TPSA) is 56.2 Å². The molecular weight excluding hydrogens is 178 g/mol. The summed E-state index contributed by atoms with van der Waals surface area (Å²) < 4.78 is 5.45. The van der Waals surface area contributed by atoms with Gasteiger partial charge in [-0.2, -0.15) is 0 Å². The molecule has 0 spiro atoms. The Bertz CT molecular complexity index is 300. The van der Waals surface area contributed by atoms with Gasteiger partial charge < -0.3 is 10.2 Å². The third-order valence-corrected chi connectivity index (χ3v) is 2.47. The molecule has 0 bridgehead atoms. The predicted molar refractivity (Wildman–Crippen MR) is 55.4 cm³/mol. The molecule has 0 saturated heterocycles. The highest BCUT2D eigenvalue weighted by Crippen LogP contribution is 2.24. The summed E-state index contributed by atoms with van der Waals surface area (Å²) in [5, 5.41) is 0. The minimum absolute atomic E-state index is 0.00979. The van der Waals surface area contributed by atoms with Crippen molar-refractivity contribution in [1.82, 2.24) is 0 Å². The minimum atomic E-state index is -0.137. The van der Waals surface area contributed by atoms with Gasteiger partial charge in [-0.25, -0.2) is 0 Å². The molecule has 3 heteroatoms. The van der Waals surface area contributed by atoms with Crippen molar-refractivity contribution in [2.24, 2.45) is 5.73 Å². The van der Waals surface area contributed by atoms with Gasteiger partial charge >= 0.3 is 0 Å². The van der Waals surface area contributed by atoms with Gasteiger partial charge in [0.1, 0.15) is 5.76 Å². The normalized spacial score (nSPS) is 10.9. The first-order chi connectivity index (χ1) is 6.72. The summed E-state index contributed by atoms with van der Waals surface area (Å²) in [6.07, 6.45) is 2.06. The van der Waals surface area contributed by atoms with Gasteiger partial charge in [0.2, 0.25) is 5.78 Å². The van der Waals surface area contributed by atoms with Crippen LogP contribution in [0.3, 0.4) is 0 Å². The molecule has 0 aliphatic rings. The van der Waals surface area contributed by atoms with E-state index >= 15 is 0 Å². The lowest BCUT2D eigenvalue weighted by Gasteiger charge is -2.07. The first-order valence-electron chi connectivity index (χ1n) is 5.05. The molecule has 2 N–H and O–H groups in total. The van der Waals surface area contributed by atoms with Gasteiger partial charge in [0.25, 0.3) is 0 Å². The third-order valence-electron chi connectivity index (χ3n) is 2.47. The summed E-state index contributed by atoms with van der Waals surface area (Å²) in [6, 6.07) is 3.59. The van der Waals surface area contributed by atoms with Crippen LogP contribution in [0.25, 0.3) is 0 Å². The van der Waals surface area contributed by atoms with Crippen LogP contribution in [0, 0.1) is 0 Å². The molecule has 1 heterocycles. The fourth-order valence-corrected chi connectivity index (χ4v) is 1.51. The Hall–Kier alpha value is -1.09. The lowest BCUT2D eigenvalue weighted by atomic mass is 10.0. The van der Waals surface area contributed by atoms with Crippen LogP contribution >= 0.6 is 0 Å². The van der Waals surface area contributed by atoms with Crippen LogP contribution in [0.15, 0.2) is 16.5 Å². The maximum atomic E-state index is 11.2. The second-order valence-corrected chi connectivity index (χ2v) is 3.34. The molecule has 0 atom stereocenters. The largest absolute Gasteiger partial charge is 0.458 e. The Morgan fingerprint density at radius 3 is 2.57 bits per heavy atom. The van der Waals surface area contributed by atoms with Crippen LogP contribution < -0.4 is 5.73 Å². The predicted octanol–water partition coefficient (Wildman–Crippen LogP) is 2.32. The summed E-state index contributed by atoms with van der Waals surface area (Å²) in [5.74, 6) is 1.55. The Morgan fingerprint density at radius 1 is 1.43 bits per heavy atom. The molecule has 0 saturated carbocycles. The van der Waals surface area contributed by atoms with E-state index in [0.717, 1.165) is 18.6 Å². The molecule has 0 aliphatic carbocycles. The SMILES string of the molecule is CCC(CC)c1ccc(C(=O)CN)o1. The molecule has 0 fully saturated rings. The van der Waals surface area contributed by atoms with Crippen molar-refractivity contribution in [3.05, 3.63) is 23.7 Å². The molecule has 78 valence electrons. The lowest BCUT2D eigenvalue weighted by Crippen LogP contribution is -2.12. The van der Waals surface area contributed by atoms with E-state index in [9.17, 15) is 4.79 Å². The van der Waals surface area contributed by atoms with Gasteiger partial charge in [0.15, 0.2) is 5.76 Å². The van der Waals surface area contributed by atoms with Crippen molar-refractivity contribution in [3.8, 4) is 0 Å². The standard InChI is InChI=1S/C11H17NO2/c1-3-8(4-2)10-5-6-11(14-10)9(13)7-12/h5-6,8H,3-4,7,12H2,1-2H3. The molecular formula is C11H17NO2. The van der Waals surface area contributed by atoms with E-state index < -0.39 is 0 Å². The summed E-state index contributed by atoms with van der Waals surface area (Å²) >= 11 is 0. The van der Waals surface area contributed by atoms with Crippen molar-refractivity contribution < 1.29 is 9.21 Å². The number of Topliss-reactive ketones (excluding diaryl/α,β-unsaturated/α-hetero) is 1. The van der Waals surface area contributed by atoms with Crippen LogP contribution in [0.2, 0.25) is 0 Å². The summed E-state index contributed by atoms with van der Waals surface area (Å²) in [7, 11) is 0. The van der Waals surface area contributed by atoms with E-state index in [1.54, 1.807) is 6.07 Å². The highest BCUT2D eigenvalue weighted by Gasteiger charge is 2.14. The Labute approximate surface area is 84.3 Å². The van der Waals surface area contributed by atoms with Crippen LogP contribution in [0.5, 0.6) is 0 Å². The maximum absolute atomic E-state index is 11.2. The molecule has 0 aliphatic heterocycles. The fourth-order valence-electron chi connectivity index (χ4n) is 1.51. The molecule has 0 aromatic carbocycles. The number of nitrogens with two attached hydrogens (primary N) is 1. The lowest BCUT2D eigenvalue weighted by molar-refractivity contribution is 0.0972. The van der Waals surface area contributed by atoms with Gasteiger partial charge in [0.05, 0.1) is 6.54 Å². The number of furan rings is 1. The van der Waals surface area contributed by atoms with Gasteiger partial charge in [-0.3, -0.25) is 4.79 Å². The van der Waals surface area contributed by atoms with E-state index in [1.165, 1.54) is 0 Å². The molecule has 1 aromatic rings. The smallest absolute Gasteiger partial charge is 0.211 e. The van der Waals surface area contributed by atoms with Gasteiger partial charge in [-0.05, 0) is 25.0 Å². The van der Waals surface area contributed by atoms with E-state index in [1.807, 2.05) is 6.07 Å². The Kier molecular flexibility index (Phi) is 3.89. The van der Waals surface area contributed by atoms with E-state index in [0.29, 0.717) is 11.7 Å². The number of hydrogen-bond donors (Lipinski definition) is 1. The van der Waals surface area contributed by atoms with Crippen molar-refractivity contribution in [2.45, 2.75) is 32.6 Å². The number of hydrogen-bond acceptors (Lipinski definition) is 3. The van der Waals surface area contributed by atoms with Gasteiger partial charge in [-0.1, -0.05) is 13.8 Å². The van der Waals surface area contributed by atoms with E-state index in [-0.39, 0.29) is 12.3 Å². The molecule has 1 aromatic heterocycles. The first-order valence-corrected chi connectivity index (χ1v) is 5.05. The number of carbonyl (C=O) groups excluding carboxylic acids is 1. The molecule has 14 heavy (non-hydrogen) atoms. The number of ketones is 1. The van der Waals surface area contributed by atoms with Crippen molar-refractivity contribution in [2.75, 3.05) is 6.54 Å². The molecule has 3 nitrogen and oxygen atoms in total. The van der Waals surface area contributed by atoms with Crippen molar-refractivity contribution >= 4 is 5.78 Å². The second-order valence-electron chi connectivity index (χ2n) is 3.34. The van der Waals surface area contributed by atoms with Crippen LogP contribution in [0.4, 0.5) is 0 Å². The van der Waals surface area contributed by atoms with E-state index in [4.69, 9.17) is 10.2 Å². The minimum Gasteiger partial charge on any atom is -0.458 e. The average Bonchev–Trinajstić information content (AvgIpc) is 2.68. The summed E-state index contributed by atoms with van der Waals surface area (Å²) in [6.45, 7) is 4.23. The highest BCUT2D eigenvalue weighted by atomic mass is 16.3. The third kappa shape index (κ3) is 2.23. The van der Waals surface area contributed by atoms with Gasteiger partial charge in [-0.15, -0.1) is 0 Å². The van der Waals surface area contributed by atoms with Crippen molar-refractivity contribution in [3.63, 3.8) is 0 Å². The van der Waals surface area contributed by atoms with Crippen LogP contribution in [0.1, 0.15) is 48.9 Å². The monoisotopic (exact) mass is 195 g/mol. The zero-order valence-corrected chi connectivity index (χ0v) is 8.75. The van der Waals surface area contributed by atoms with Crippen LogP contribution in [-0.4, -0.2) is 12.3 Å². The zero-order valence-electron chi connectivity index (χ0n) is 8.75. The first kappa shape index (κ1) is 11.0. The second kappa shape index (κ2) is 4.96.